The highest BCUT2D eigenvalue weighted by Crippen LogP contribution is 2.30. The number of nitro benzene ring substituents is 1. The quantitative estimate of drug-likeness (QED) is 0.137. The fraction of sp³-hybridized carbons (Fsp3) is 0. The molecule has 184 valence electrons. The van der Waals surface area contributed by atoms with Crippen molar-refractivity contribution in [2.75, 3.05) is 10.6 Å². The Morgan fingerprint density at radius 3 is 1.76 bits per heavy atom. The van der Waals surface area contributed by atoms with Crippen LogP contribution in [0.3, 0.4) is 0 Å². The van der Waals surface area contributed by atoms with Crippen molar-refractivity contribution in [3.8, 4) is 0 Å². The van der Waals surface area contributed by atoms with Gasteiger partial charge in [0.25, 0.3) is 5.69 Å². The molecule has 0 amide bonds. The summed E-state index contributed by atoms with van der Waals surface area (Å²) >= 11 is 0. The van der Waals surface area contributed by atoms with Crippen LogP contribution in [-0.2, 0) is 9.59 Å². The van der Waals surface area contributed by atoms with Gasteiger partial charge in [0.05, 0.1) is 16.0 Å². The van der Waals surface area contributed by atoms with Crippen LogP contribution in [0, 0.1) is 10.1 Å². The number of nitro groups is 1. The molecule has 11 heteroatoms. The summed E-state index contributed by atoms with van der Waals surface area (Å²) in [5, 5.41) is 35.3. The highest BCUT2D eigenvalue weighted by Gasteiger charge is 2.14. The molecule has 0 spiro atoms. The highest BCUT2D eigenvalue weighted by atomic mass is 16.6. The van der Waals surface area contributed by atoms with E-state index in [0.29, 0.717) is 39.4 Å². The number of hydrogen-bond acceptors (Lipinski definition) is 8. The van der Waals surface area contributed by atoms with Crippen molar-refractivity contribution < 1.29 is 24.7 Å². The first kappa shape index (κ1) is 24.5. The minimum Gasteiger partial charge on any atom is -0.478 e. The number of fused-ring (bicyclic) bond motifs is 1. The molecule has 4 N–H and O–H groups in total. The second kappa shape index (κ2) is 10.8. The minimum atomic E-state index is -1.08. The van der Waals surface area contributed by atoms with Crippen LogP contribution >= 0.6 is 0 Å². The van der Waals surface area contributed by atoms with Crippen LogP contribution in [0.2, 0.25) is 0 Å². The van der Waals surface area contributed by atoms with E-state index in [2.05, 4.69) is 20.6 Å². The number of anilines is 4. The van der Waals surface area contributed by atoms with Gasteiger partial charge in [-0.25, -0.2) is 19.6 Å². The lowest BCUT2D eigenvalue weighted by atomic mass is 10.2. The third kappa shape index (κ3) is 6.51. The number of rotatable bonds is 9. The molecule has 4 rings (SSSR count). The first-order valence-corrected chi connectivity index (χ1v) is 10.8. The average molecular weight is 497 g/mol. The van der Waals surface area contributed by atoms with Crippen LogP contribution in [0.1, 0.15) is 11.1 Å². The summed E-state index contributed by atoms with van der Waals surface area (Å²) in [7, 11) is 0. The number of carbonyl (C=O) groups is 2. The molecular formula is C26H19N5O6. The van der Waals surface area contributed by atoms with E-state index in [-0.39, 0.29) is 11.5 Å². The molecule has 1 aromatic heterocycles. The Morgan fingerprint density at radius 1 is 0.757 bits per heavy atom. The van der Waals surface area contributed by atoms with Crippen molar-refractivity contribution in [3.63, 3.8) is 0 Å². The molecule has 0 fully saturated rings. The maximum Gasteiger partial charge on any atom is 0.328 e. The molecule has 37 heavy (non-hydrogen) atoms. The van der Waals surface area contributed by atoms with Gasteiger partial charge in [0.1, 0.15) is 0 Å². The van der Waals surface area contributed by atoms with E-state index >= 15 is 0 Å². The lowest BCUT2D eigenvalue weighted by Crippen LogP contribution is -2.04. The van der Waals surface area contributed by atoms with Crippen LogP contribution < -0.4 is 10.6 Å². The van der Waals surface area contributed by atoms with Gasteiger partial charge in [0.15, 0.2) is 11.6 Å². The van der Waals surface area contributed by atoms with Gasteiger partial charge in [-0.3, -0.25) is 10.1 Å². The molecular weight excluding hydrogens is 478 g/mol. The van der Waals surface area contributed by atoms with Gasteiger partial charge in [-0.1, -0.05) is 24.3 Å². The Balaban J connectivity index is 1.75. The van der Waals surface area contributed by atoms with E-state index in [1.165, 1.54) is 30.4 Å². The predicted octanol–water partition coefficient (Wildman–Crippen LogP) is 5.22. The Morgan fingerprint density at radius 2 is 1.27 bits per heavy atom. The van der Waals surface area contributed by atoms with Crippen molar-refractivity contribution in [1.82, 2.24) is 9.97 Å². The Hall–Kier alpha value is -5.58. The van der Waals surface area contributed by atoms with E-state index in [1.807, 2.05) is 0 Å². The zero-order valence-electron chi connectivity index (χ0n) is 19.0. The maximum atomic E-state index is 11.2. The number of benzene rings is 3. The molecule has 0 saturated heterocycles. The van der Waals surface area contributed by atoms with Crippen LogP contribution in [0.4, 0.5) is 28.7 Å². The molecule has 0 radical (unpaired) electrons. The van der Waals surface area contributed by atoms with Crippen molar-refractivity contribution in [3.05, 3.63) is 100 Å². The average Bonchev–Trinajstić information content (AvgIpc) is 2.86. The van der Waals surface area contributed by atoms with Crippen LogP contribution in [0.15, 0.2) is 78.9 Å². The summed E-state index contributed by atoms with van der Waals surface area (Å²) in [5.74, 6) is -1.57. The van der Waals surface area contributed by atoms with Crippen molar-refractivity contribution in [1.29, 1.82) is 0 Å². The SMILES string of the molecule is O=C(O)/C=C/c1cccc(Nc2nc3ccc([N+](=O)[O-])cc3nc2Nc2cccc(/C=C/C(=O)O)c2)c1. The molecule has 11 nitrogen and oxygen atoms in total. The van der Waals surface area contributed by atoms with Gasteiger partial charge >= 0.3 is 11.9 Å². The standard InChI is InChI=1S/C26H19N5O6/c32-23(33)11-7-16-3-1-5-18(13-16)27-25-26(28-19-6-2-4-17(14-19)8-12-24(34)35)30-22-15-20(31(36)37)9-10-21(22)29-25/h1-15H,(H,27,29)(H,28,30)(H,32,33)(H,34,35)/b11-7+,12-8+. The number of aromatic nitrogens is 2. The van der Waals surface area contributed by atoms with E-state index < -0.39 is 16.9 Å². The van der Waals surface area contributed by atoms with Crippen LogP contribution in [-0.4, -0.2) is 37.0 Å². The fourth-order valence-corrected chi connectivity index (χ4v) is 3.38. The highest BCUT2D eigenvalue weighted by molar-refractivity contribution is 5.87. The molecule has 0 bridgehead atoms. The largest absolute Gasteiger partial charge is 0.478 e. The molecule has 4 aromatic rings. The van der Waals surface area contributed by atoms with Crippen LogP contribution in [0.25, 0.3) is 23.2 Å². The first-order chi connectivity index (χ1) is 17.8. The molecule has 0 saturated carbocycles. The van der Waals surface area contributed by atoms with Crippen molar-refractivity contribution >= 4 is 63.8 Å². The number of carboxylic acids is 2. The van der Waals surface area contributed by atoms with E-state index in [9.17, 15) is 19.7 Å². The summed E-state index contributed by atoms with van der Waals surface area (Å²) in [5.41, 5.74) is 3.03. The van der Waals surface area contributed by atoms with Gasteiger partial charge in [0.2, 0.25) is 0 Å². The Labute approximate surface area is 209 Å². The summed E-state index contributed by atoms with van der Waals surface area (Å²) in [6, 6.07) is 18.0. The molecule has 0 aliphatic rings. The second-order valence-corrected chi connectivity index (χ2v) is 7.70. The molecule has 0 aliphatic heterocycles. The molecule has 3 aromatic carbocycles. The van der Waals surface area contributed by atoms with E-state index in [1.54, 1.807) is 48.5 Å². The van der Waals surface area contributed by atoms with Gasteiger partial charge < -0.3 is 20.8 Å². The number of aliphatic carboxylic acids is 2. The number of nitrogens with one attached hydrogen (secondary N) is 2. The monoisotopic (exact) mass is 497 g/mol. The Kier molecular flexibility index (Phi) is 7.15. The predicted molar refractivity (Wildman–Crippen MR) is 139 cm³/mol. The number of nitrogens with zero attached hydrogens (tertiary/aromatic N) is 3. The second-order valence-electron chi connectivity index (χ2n) is 7.70. The summed E-state index contributed by atoms with van der Waals surface area (Å²) in [4.78, 5) is 41.6. The Bertz CT molecular complexity index is 1580. The molecule has 0 atom stereocenters. The summed E-state index contributed by atoms with van der Waals surface area (Å²) in [6.45, 7) is 0. The van der Waals surface area contributed by atoms with Gasteiger partial charge in [-0.15, -0.1) is 0 Å². The lowest BCUT2D eigenvalue weighted by molar-refractivity contribution is -0.384. The van der Waals surface area contributed by atoms with Gasteiger partial charge in [-0.05, 0) is 53.6 Å². The lowest BCUT2D eigenvalue weighted by Gasteiger charge is -2.14. The summed E-state index contributed by atoms with van der Waals surface area (Å²) in [6.07, 6.45) is 4.94. The molecule has 0 unspecified atom stereocenters. The first-order valence-electron chi connectivity index (χ1n) is 10.8. The molecule has 0 aliphatic carbocycles. The third-order valence-electron chi connectivity index (χ3n) is 4.99. The maximum absolute atomic E-state index is 11.2. The minimum absolute atomic E-state index is 0.132. The third-order valence-corrected chi connectivity index (χ3v) is 4.99. The number of non-ortho nitro benzene ring substituents is 1. The summed E-state index contributed by atoms with van der Waals surface area (Å²) < 4.78 is 0. The zero-order chi connectivity index (χ0) is 26.4. The van der Waals surface area contributed by atoms with E-state index in [4.69, 9.17) is 10.2 Å². The van der Waals surface area contributed by atoms with E-state index in [0.717, 1.165) is 12.2 Å². The normalized spacial score (nSPS) is 11.1. The number of hydrogen-bond donors (Lipinski definition) is 4. The van der Waals surface area contributed by atoms with Crippen LogP contribution in [0.5, 0.6) is 0 Å². The zero-order valence-corrected chi connectivity index (χ0v) is 19.0. The van der Waals surface area contributed by atoms with Gasteiger partial charge in [0, 0.05) is 35.7 Å². The number of carboxylic acid groups (broad SMARTS) is 2. The smallest absolute Gasteiger partial charge is 0.328 e. The van der Waals surface area contributed by atoms with Gasteiger partial charge in [-0.2, -0.15) is 0 Å². The molecule has 1 heterocycles. The van der Waals surface area contributed by atoms with Crippen molar-refractivity contribution in [2.45, 2.75) is 0 Å². The fourth-order valence-electron chi connectivity index (χ4n) is 3.38. The topological polar surface area (TPSA) is 168 Å². The van der Waals surface area contributed by atoms with Crippen molar-refractivity contribution in [2.24, 2.45) is 0 Å².